The lowest BCUT2D eigenvalue weighted by atomic mass is 10.3. The molecule has 1 heterocycles. The first-order valence-electron chi connectivity index (χ1n) is 6.79. The lowest BCUT2D eigenvalue weighted by Crippen LogP contribution is -2.41. The summed E-state index contributed by atoms with van der Waals surface area (Å²) in [5, 5.41) is 8.06. The van der Waals surface area contributed by atoms with Crippen molar-refractivity contribution in [1.29, 1.82) is 0 Å². The summed E-state index contributed by atoms with van der Waals surface area (Å²) in [7, 11) is 0. The fourth-order valence-electron chi connectivity index (χ4n) is 1.91. The molecule has 7 heteroatoms. The van der Waals surface area contributed by atoms with Crippen molar-refractivity contribution in [2.45, 2.75) is 19.9 Å². The molecule has 3 amide bonds. The maximum Gasteiger partial charge on any atom is 0.315 e. The van der Waals surface area contributed by atoms with Crippen LogP contribution in [0.3, 0.4) is 0 Å². The summed E-state index contributed by atoms with van der Waals surface area (Å²) >= 11 is 0. The summed E-state index contributed by atoms with van der Waals surface area (Å²) in [6, 6.07) is 7.16. The van der Waals surface area contributed by atoms with Crippen molar-refractivity contribution < 1.29 is 9.59 Å². The molecule has 0 aliphatic rings. The van der Waals surface area contributed by atoms with Gasteiger partial charge in [-0.05, 0) is 19.1 Å². The van der Waals surface area contributed by atoms with Gasteiger partial charge in [0.25, 0.3) is 0 Å². The van der Waals surface area contributed by atoms with Gasteiger partial charge >= 0.3 is 6.03 Å². The minimum Gasteiger partial charge on any atom is -0.355 e. The number of H-pyrrole nitrogens is 1. The van der Waals surface area contributed by atoms with E-state index in [1.54, 1.807) is 0 Å². The molecule has 2 aromatic rings. The monoisotopic (exact) mass is 289 g/mol. The molecule has 0 spiro atoms. The predicted molar refractivity (Wildman–Crippen MR) is 79.7 cm³/mol. The molecule has 4 N–H and O–H groups in total. The van der Waals surface area contributed by atoms with Crippen LogP contribution in [0, 0.1) is 0 Å². The molecule has 1 aromatic heterocycles. The minimum atomic E-state index is -0.298. The Labute approximate surface area is 122 Å². The Morgan fingerprint density at radius 2 is 1.95 bits per heavy atom. The number of nitrogens with zero attached hydrogens (tertiary/aromatic N) is 1. The predicted octanol–water partition coefficient (Wildman–Crippen LogP) is 1.06. The third-order valence-corrected chi connectivity index (χ3v) is 2.95. The van der Waals surface area contributed by atoms with Crippen molar-refractivity contribution in [2.75, 3.05) is 13.1 Å². The average molecular weight is 289 g/mol. The number of carbonyl (C=O) groups is 2. The highest BCUT2D eigenvalue weighted by Crippen LogP contribution is 2.15. The maximum absolute atomic E-state index is 11.7. The number of rotatable bonds is 5. The molecular formula is C14H19N5O2. The van der Waals surface area contributed by atoms with Crippen LogP contribution in [0.4, 0.5) is 4.79 Å². The highest BCUT2D eigenvalue weighted by molar-refractivity contribution is 5.76. The summed E-state index contributed by atoms with van der Waals surface area (Å²) < 4.78 is 0. The highest BCUT2D eigenvalue weighted by atomic mass is 16.2. The number of carbonyl (C=O) groups excluding carboxylic acids is 2. The van der Waals surface area contributed by atoms with Crippen LogP contribution in [0.1, 0.15) is 25.7 Å². The smallest absolute Gasteiger partial charge is 0.315 e. The van der Waals surface area contributed by atoms with Crippen molar-refractivity contribution in [3.8, 4) is 0 Å². The molecule has 21 heavy (non-hydrogen) atoms. The molecular weight excluding hydrogens is 270 g/mol. The van der Waals surface area contributed by atoms with Crippen LogP contribution in [0.25, 0.3) is 11.0 Å². The normalized spacial score (nSPS) is 11.9. The summed E-state index contributed by atoms with van der Waals surface area (Å²) in [6.07, 6.45) is 0. The number of para-hydroxylation sites is 2. The third kappa shape index (κ3) is 4.20. The molecule has 0 aliphatic heterocycles. The van der Waals surface area contributed by atoms with E-state index in [1.165, 1.54) is 6.92 Å². The fourth-order valence-corrected chi connectivity index (χ4v) is 1.91. The second-order valence-corrected chi connectivity index (χ2v) is 4.74. The largest absolute Gasteiger partial charge is 0.355 e. The highest BCUT2D eigenvalue weighted by Gasteiger charge is 2.12. The Balaban J connectivity index is 1.84. The first-order chi connectivity index (χ1) is 10.1. The van der Waals surface area contributed by atoms with Gasteiger partial charge in [0.1, 0.15) is 5.82 Å². The molecule has 2 rings (SSSR count). The first kappa shape index (κ1) is 14.8. The van der Waals surface area contributed by atoms with E-state index in [9.17, 15) is 9.59 Å². The molecule has 0 aliphatic carbocycles. The Morgan fingerprint density at radius 1 is 1.24 bits per heavy atom. The van der Waals surface area contributed by atoms with E-state index in [0.29, 0.717) is 18.9 Å². The lowest BCUT2D eigenvalue weighted by Gasteiger charge is -2.12. The Morgan fingerprint density at radius 3 is 2.67 bits per heavy atom. The fraction of sp³-hybridized carbons (Fsp3) is 0.357. The Hall–Kier alpha value is -2.57. The lowest BCUT2D eigenvalue weighted by molar-refractivity contribution is -0.118. The quantitative estimate of drug-likeness (QED) is 0.619. The zero-order chi connectivity index (χ0) is 15.2. The summed E-state index contributed by atoms with van der Waals surface area (Å²) in [4.78, 5) is 30.0. The van der Waals surface area contributed by atoms with E-state index in [1.807, 2.05) is 31.2 Å². The van der Waals surface area contributed by atoms with Crippen LogP contribution in [0.5, 0.6) is 0 Å². The number of imidazole rings is 1. The number of nitrogens with one attached hydrogen (secondary N) is 4. The van der Waals surface area contributed by atoms with E-state index in [-0.39, 0.29) is 18.0 Å². The molecule has 7 nitrogen and oxygen atoms in total. The number of fused-ring (bicyclic) bond motifs is 1. The van der Waals surface area contributed by atoms with Crippen molar-refractivity contribution in [3.05, 3.63) is 30.1 Å². The van der Waals surface area contributed by atoms with Gasteiger partial charge in [-0.15, -0.1) is 0 Å². The molecule has 0 saturated carbocycles. The Kier molecular flexibility index (Phi) is 4.76. The van der Waals surface area contributed by atoms with E-state index < -0.39 is 0 Å². The first-order valence-corrected chi connectivity index (χ1v) is 6.79. The molecule has 1 unspecified atom stereocenters. The second-order valence-electron chi connectivity index (χ2n) is 4.74. The summed E-state index contributed by atoms with van der Waals surface area (Å²) in [6.45, 7) is 4.06. The molecule has 1 atom stereocenters. The van der Waals surface area contributed by atoms with Gasteiger partial charge in [-0.2, -0.15) is 0 Å². The van der Waals surface area contributed by atoms with Crippen LogP contribution < -0.4 is 16.0 Å². The van der Waals surface area contributed by atoms with Crippen LogP contribution in [0.15, 0.2) is 24.3 Å². The number of aromatic nitrogens is 2. The van der Waals surface area contributed by atoms with Crippen molar-refractivity contribution in [2.24, 2.45) is 0 Å². The van der Waals surface area contributed by atoms with Crippen LogP contribution in [-0.2, 0) is 4.79 Å². The maximum atomic E-state index is 11.7. The van der Waals surface area contributed by atoms with Crippen molar-refractivity contribution in [3.63, 3.8) is 0 Å². The molecule has 0 fully saturated rings. The van der Waals surface area contributed by atoms with Gasteiger partial charge in [0.15, 0.2) is 0 Å². The van der Waals surface area contributed by atoms with Gasteiger partial charge in [0.2, 0.25) is 5.91 Å². The van der Waals surface area contributed by atoms with Crippen molar-refractivity contribution in [1.82, 2.24) is 25.9 Å². The van der Waals surface area contributed by atoms with E-state index in [2.05, 4.69) is 25.9 Å². The molecule has 0 bridgehead atoms. The van der Waals surface area contributed by atoms with Crippen LogP contribution in [0.2, 0.25) is 0 Å². The van der Waals surface area contributed by atoms with Gasteiger partial charge in [0.05, 0.1) is 17.1 Å². The number of amides is 3. The van der Waals surface area contributed by atoms with Crippen molar-refractivity contribution >= 4 is 23.0 Å². The third-order valence-electron chi connectivity index (χ3n) is 2.95. The van der Waals surface area contributed by atoms with Gasteiger partial charge in [0, 0.05) is 20.0 Å². The van der Waals surface area contributed by atoms with Gasteiger partial charge in [-0.1, -0.05) is 12.1 Å². The minimum absolute atomic E-state index is 0.118. The van der Waals surface area contributed by atoms with Gasteiger partial charge < -0.3 is 20.9 Å². The molecule has 0 radical (unpaired) electrons. The SMILES string of the molecule is CC(=O)NCCNC(=O)NC(C)c1nc2ccccc2[nH]1. The second kappa shape index (κ2) is 6.74. The Bertz CT molecular complexity index is 604. The molecule has 0 saturated heterocycles. The van der Waals surface area contributed by atoms with E-state index in [0.717, 1.165) is 11.0 Å². The zero-order valence-corrected chi connectivity index (χ0v) is 12.1. The van der Waals surface area contributed by atoms with Gasteiger partial charge in [-0.3, -0.25) is 4.79 Å². The van der Waals surface area contributed by atoms with Crippen LogP contribution in [-0.4, -0.2) is 35.0 Å². The number of benzene rings is 1. The number of aromatic amines is 1. The van der Waals surface area contributed by atoms with Crippen LogP contribution >= 0.6 is 0 Å². The average Bonchev–Trinajstić information content (AvgIpc) is 2.87. The zero-order valence-electron chi connectivity index (χ0n) is 12.1. The van der Waals surface area contributed by atoms with Gasteiger partial charge in [-0.25, -0.2) is 9.78 Å². The van der Waals surface area contributed by atoms with E-state index in [4.69, 9.17) is 0 Å². The standard InChI is InChI=1S/C14H19N5O2/c1-9(17-14(21)16-8-7-15-10(2)20)13-18-11-5-3-4-6-12(11)19-13/h3-6,9H,7-8H2,1-2H3,(H,15,20)(H,18,19)(H2,16,17,21). The number of urea groups is 1. The number of hydrogen-bond acceptors (Lipinski definition) is 3. The molecule has 1 aromatic carbocycles. The number of hydrogen-bond donors (Lipinski definition) is 4. The summed E-state index contributed by atoms with van der Waals surface area (Å²) in [5.41, 5.74) is 1.81. The van der Waals surface area contributed by atoms with E-state index >= 15 is 0 Å². The topological polar surface area (TPSA) is 98.9 Å². The summed E-state index contributed by atoms with van der Waals surface area (Å²) in [5.74, 6) is 0.584. The molecule has 112 valence electrons.